The number of alkyl halides is 6. The number of H-pyrrole nitrogens is 1. The van der Waals surface area contributed by atoms with Gasteiger partial charge in [0, 0.05) is 11.9 Å². The summed E-state index contributed by atoms with van der Waals surface area (Å²) in [5.41, 5.74) is -0.528. The van der Waals surface area contributed by atoms with Crippen LogP contribution in [0.15, 0.2) is 18.3 Å². The van der Waals surface area contributed by atoms with Gasteiger partial charge in [-0.3, -0.25) is 0 Å². The van der Waals surface area contributed by atoms with E-state index < -0.39 is 30.1 Å². The summed E-state index contributed by atoms with van der Waals surface area (Å²) in [7, 11) is 0. The first kappa shape index (κ1) is 12.9. The molecule has 92 valence electrons. The molecule has 0 amide bonds. The maximum Gasteiger partial charge on any atom is 0.403 e. The Kier molecular flexibility index (Phi) is 3.22. The lowest BCUT2D eigenvalue weighted by Crippen LogP contribution is -2.41. The molecule has 1 aromatic heterocycles. The van der Waals surface area contributed by atoms with E-state index in [2.05, 4.69) is 4.98 Å². The summed E-state index contributed by atoms with van der Waals surface area (Å²) in [6, 6.07) is 2.15. The Labute approximate surface area is 85.9 Å². The van der Waals surface area contributed by atoms with E-state index in [9.17, 15) is 26.3 Å². The van der Waals surface area contributed by atoms with Crippen LogP contribution < -0.4 is 0 Å². The number of hydrogen-bond donors (Lipinski definition) is 2. The smallest absolute Gasteiger partial charge is 0.386 e. The second-order valence-electron chi connectivity index (χ2n) is 3.13. The molecule has 1 unspecified atom stereocenters. The highest BCUT2D eigenvalue weighted by molar-refractivity contribution is 5.09. The number of aliphatic hydroxyl groups is 1. The average Bonchev–Trinajstić information content (AvgIpc) is 2.48. The largest absolute Gasteiger partial charge is 0.403 e. The molecular formula is C8H7F6NO. The third-order valence-corrected chi connectivity index (χ3v) is 1.96. The average molecular weight is 247 g/mol. The lowest BCUT2D eigenvalue weighted by atomic mass is 9.98. The Morgan fingerprint density at radius 2 is 1.56 bits per heavy atom. The van der Waals surface area contributed by atoms with Crippen LogP contribution in [0.1, 0.15) is 11.8 Å². The van der Waals surface area contributed by atoms with Crippen LogP contribution in [0.5, 0.6) is 0 Å². The van der Waals surface area contributed by atoms with Crippen LogP contribution >= 0.6 is 0 Å². The van der Waals surface area contributed by atoms with Crippen molar-refractivity contribution in [2.24, 2.45) is 5.92 Å². The van der Waals surface area contributed by atoms with E-state index in [0.717, 1.165) is 12.3 Å². The zero-order chi connectivity index (χ0) is 12.6. The predicted octanol–water partition coefficient (Wildman–Crippen LogP) is 2.79. The molecule has 1 rings (SSSR count). The van der Waals surface area contributed by atoms with Gasteiger partial charge in [0.1, 0.15) is 6.10 Å². The Bertz CT molecular complexity index is 313. The molecule has 1 heterocycles. The van der Waals surface area contributed by atoms with Gasteiger partial charge in [0.15, 0.2) is 5.92 Å². The molecular weight excluding hydrogens is 240 g/mol. The molecule has 2 nitrogen and oxygen atoms in total. The summed E-state index contributed by atoms with van der Waals surface area (Å²) >= 11 is 0. The van der Waals surface area contributed by atoms with Gasteiger partial charge in [-0.05, 0) is 12.1 Å². The first-order valence-corrected chi connectivity index (χ1v) is 4.09. The van der Waals surface area contributed by atoms with E-state index in [1.54, 1.807) is 0 Å². The van der Waals surface area contributed by atoms with Crippen LogP contribution in [-0.4, -0.2) is 22.4 Å². The maximum atomic E-state index is 12.2. The molecule has 1 aromatic rings. The first-order chi connectivity index (χ1) is 7.14. The molecule has 0 aromatic carbocycles. The number of aliphatic hydroxyl groups excluding tert-OH is 1. The molecule has 0 saturated heterocycles. The minimum atomic E-state index is -5.55. The van der Waals surface area contributed by atoms with Gasteiger partial charge < -0.3 is 10.1 Å². The van der Waals surface area contributed by atoms with Crippen molar-refractivity contribution in [2.45, 2.75) is 18.5 Å². The highest BCUT2D eigenvalue weighted by Gasteiger charge is 2.60. The van der Waals surface area contributed by atoms with Crippen molar-refractivity contribution in [1.82, 2.24) is 4.98 Å². The molecule has 0 aliphatic heterocycles. The molecule has 8 heteroatoms. The standard InChI is InChI=1S/C8H7F6NO/c9-7(10,11)6(8(12,13)14)5(16)4-2-1-3-15-4/h1-3,5-6,15-16H. The molecule has 0 radical (unpaired) electrons. The van der Waals surface area contributed by atoms with Gasteiger partial charge in [0.05, 0.1) is 0 Å². The van der Waals surface area contributed by atoms with Gasteiger partial charge in [-0.1, -0.05) is 0 Å². The molecule has 0 saturated carbocycles. The fourth-order valence-electron chi connectivity index (χ4n) is 1.25. The summed E-state index contributed by atoms with van der Waals surface area (Å²) < 4.78 is 73.0. The van der Waals surface area contributed by atoms with Crippen molar-refractivity contribution in [3.63, 3.8) is 0 Å². The summed E-state index contributed by atoms with van der Waals surface area (Å²) in [6.45, 7) is 0. The number of aromatic nitrogens is 1. The zero-order valence-corrected chi connectivity index (χ0v) is 7.60. The van der Waals surface area contributed by atoms with Gasteiger partial charge in [-0.15, -0.1) is 0 Å². The normalized spacial score (nSPS) is 15.5. The van der Waals surface area contributed by atoms with E-state index >= 15 is 0 Å². The second kappa shape index (κ2) is 4.00. The Balaban J connectivity index is 3.04. The van der Waals surface area contributed by atoms with Crippen molar-refractivity contribution in [3.8, 4) is 0 Å². The number of halogens is 6. The predicted molar refractivity (Wildman–Crippen MR) is 41.4 cm³/mol. The molecule has 0 aliphatic carbocycles. The second-order valence-corrected chi connectivity index (χ2v) is 3.13. The number of hydrogen-bond acceptors (Lipinski definition) is 1. The van der Waals surface area contributed by atoms with E-state index in [1.807, 2.05) is 0 Å². The highest BCUT2D eigenvalue weighted by Crippen LogP contribution is 2.45. The lowest BCUT2D eigenvalue weighted by molar-refractivity contribution is -0.308. The van der Waals surface area contributed by atoms with Crippen molar-refractivity contribution in [3.05, 3.63) is 24.0 Å². The van der Waals surface area contributed by atoms with Crippen molar-refractivity contribution in [1.29, 1.82) is 0 Å². The molecule has 0 aliphatic rings. The van der Waals surface area contributed by atoms with Crippen LogP contribution in [0.25, 0.3) is 0 Å². The summed E-state index contributed by atoms with van der Waals surface area (Å²) in [4.78, 5) is 2.11. The molecule has 16 heavy (non-hydrogen) atoms. The van der Waals surface area contributed by atoms with Gasteiger partial charge >= 0.3 is 12.4 Å². The Morgan fingerprint density at radius 3 is 1.88 bits per heavy atom. The van der Waals surface area contributed by atoms with Gasteiger partial charge in [-0.25, -0.2) is 0 Å². The Hall–Kier alpha value is -1.18. The quantitative estimate of drug-likeness (QED) is 0.774. The molecule has 1 atom stereocenters. The van der Waals surface area contributed by atoms with E-state index in [0.29, 0.717) is 0 Å². The van der Waals surface area contributed by atoms with E-state index in [1.165, 1.54) is 6.07 Å². The van der Waals surface area contributed by atoms with E-state index in [-0.39, 0.29) is 0 Å². The van der Waals surface area contributed by atoms with Gasteiger partial charge in [0.2, 0.25) is 0 Å². The number of rotatable bonds is 2. The van der Waals surface area contributed by atoms with Crippen molar-refractivity contribution < 1.29 is 31.4 Å². The molecule has 0 fully saturated rings. The minimum Gasteiger partial charge on any atom is -0.386 e. The number of nitrogens with one attached hydrogen (secondary N) is 1. The fraction of sp³-hybridized carbons (Fsp3) is 0.500. The summed E-state index contributed by atoms with van der Waals surface area (Å²) in [5, 5.41) is 9.07. The van der Waals surface area contributed by atoms with E-state index in [4.69, 9.17) is 5.11 Å². The summed E-state index contributed by atoms with van der Waals surface area (Å²) in [5.74, 6) is -3.79. The van der Waals surface area contributed by atoms with Crippen LogP contribution in [0.3, 0.4) is 0 Å². The molecule has 2 N–H and O–H groups in total. The summed E-state index contributed by atoms with van der Waals surface area (Å²) in [6.07, 6.45) is -12.7. The Morgan fingerprint density at radius 1 is 1.06 bits per heavy atom. The van der Waals surface area contributed by atoms with Crippen LogP contribution in [0.4, 0.5) is 26.3 Å². The lowest BCUT2D eigenvalue weighted by Gasteiger charge is -2.26. The van der Waals surface area contributed by atoms with Crippen LogP contribution in [0.2, 0.25) is 0 Å². The van der Waals surface area contributed by atoms with Crippen LogP contribution in [0, 0.1) is 5.92 Å². The maximum absolute atomic E-state index is 12.2. The van der Waals surface area contributed by atoms with Crippen molar-refractivity contribution >= 4 is 0 Å². The first-order valence-electron chi connectivity index (χ1n) is 4.09. The third kappa shape index (κ3) is 2.69. The molecule has 0 spiro atoms. The SMILES string of the molecule is OC(c1ccc[nH]1)C(C(F)(F)F)C(F)(F)F. The zero-order valence-electron chi connectivity index (χ0n) is 7.60. The molecule has 0 bridgehead atoms. The van der Waals surface area contributed by atoms with Gasteiger partial charge in [-0.2, -0.15) is 26.3 Å². The topological polar surface area (TPSA) is 36.0 Å². The number of aromatic amines is 1. The highest BCUT2D eigenvalue weighted by atomic mass is 19.4. The fourth-order valence-corrected chi connectivity index (χ4v) is 1.25. The van der Waals surface area contributed by atoms with Crippen LogP contribution in [-0.2, 0) is 0 Å². The van der Waals surface area contributed by atoms with Gasteiger partial charge in [0.25, 0.3) is 0 Å². The monoisotopic (exact) mass is 247 g/mol. The third-order valence-electron chi connectivity index (χ3n) is 1.96. The minimum absolute atomic E-state index is 0.528. The van der Waals surface area contributed by atoms with Crippen molar-refractivity contribution in [2.75, 3.05) is 0 Å².